The van der Waals surface area contributed by atoms with Crippen molar-refractivity contribution in [2.45, 2.75) is 64.7 Å². The van der Waals surface area contributed by atoms with Crippen molar-refractivity contribution in [2.75, 3.05) is 5.75 Å². The quantitative estimate of drug-likeness (QED) is 0.746. The highest BCUT2D eigenvalue weighted by Gasteiger charge is 2.18. The van der Waals surface area contributed by atoms with E-state index in [0.717, 1.165) is 17.8 Å². The summed E-state index contributed by atoms with van der Waals surface area (Å²) in [6, 6.07) is 2.06. The van der Waals surface area contributed by atoms with Crippen molar-refractivity contribution in [3.05, 3.63) is 23.0 Å². The Kier molecular flexibility index (Phi) is 5.14. The van der Waals surface area contributed by atoms with Crippen molar-refractivity contribution in [2.24, 2.45) is 0 Å². The van der Waals surface area contributed by atoms with Crippen molar-refractivity contribution in [3.8, 4) is 0 Å². The minimum atomic E-state index is 0.309. The number of nitrogens with zero attached hydrogens (tertiary/aromatic N) is 1. The number of hydrogen-bond donors (Lipinski definition) is 0. The number of aryl methyl sites for hydroxylation is 1. The first-order chi connectivity index (χ1) is 9.13. The Morgan fingerprint density at radius 1 is 1.32 bits per heavy atom. The zero-order valence-electron chi connectivity index (χ0n) is 12.4. The van der Waals surface area contributed by atoms with Crippen LogP contribution in [0.15, 0.2) is 6.07 Å². The standard InChI is InChI=1S/C16H25NOS/c1-4-17-12(2)10-15(13(17)3)16(18)11-19-14-8-6-5-7-9-14/h10,14H,4-9,11H2,1-3H3. The van der Waals surface area contributed by atoms with E-state index in [2.05, 4.69) is 31.4 Å². The molecule has 0 aliphatic heterocycles. The molecule has 1 aliphatic rings. The van der Waals surface area contributed by atoms with Crippen LogP contribution in [-0.2, 0) is 6.54 Å². The first-order valence-electron chi connectivity index (χ1n) is 7.45. The number of aromatic nitrogens is 1. The van der Waals surface area contributed by atoms with Crippen LogP contribution in [0.25, 0.3) is 0 Å². The van der Waals surface area contributed by atoms with E-state index in [-0.39, 0.29) is 0 Å². The zero-order valence-corrected chi connectivity index (χ0v) is 13.2. The third-order valence-corrected chi connectivity index (χ3v) is 5.56. The van der Waals surface area contributed by atoms with E-state index in [0.29, 0.717) is 16.8 Å². The van der Waals surface area contributed by atoms with Crippen molar-refractivity contribution < 1.29 is 4.79 Å². The maximum Gasteiger partial charge on any atom is 0.174 e. The maximum atomic E-state index is 12.4. The fraction of sp³-hybridized carbons (Fsp3) is 0.688. The lowest BCUT2D eigenvalue weighted by Crippen LogP contribution is -2.12. The topological polar surface area (TPSA) is 22.0 Å². The van der Waals surface area contributed by atoms with Crippen LogP contribution in [-0.4, -0.2) is 21.4 Å². The van der Waals surface area contributed by atoms with Crippen molar-refractivity contribution in [1.29, 1.82) is 0 Å². The summed E-state index contributed by atoms with van der Waals surface area (Å²) in [6.45, 7) is 7.22. The molecule has 0 unspecified atom stereocenters. The highest BCUT2D eigenvalue weighted by molar-refractivity contribution is 8.00. The summed E-state index contributed by atoms with van der Waals surface area (Å²) in [4.78, 5) is 12.4. The third-order valence-electron chi connectivity index (χ3n) is 4.19. The molecule has 19 heavy (non-hydrogen) atoms. The molecule has 0 radical (unpaired) electrons. The summed E-state index contributed by atoms with van der Waals surface area (Å²) >= 11 is 1.87. The molecule has 0 N–H and O–H groups in total. The van der Waals surface area contributed by atoms with E-state index in [1.165, 1.54) is 37.8 Å². The van der Waals surface area contributed by atoms with Crippen LogP contribution in [0.5, 0.6) is 0 Å². The predicted octanol–water partition coefficient (Wildman–Crippen LogP) is 4.37. The molecular weight excluding hydrogens is 254 g/mol. The second-order valence-electron chi connectivity index (χ2n) is 5.52. The Hall–Kier alpha value is -0.700. The van der Waals surface area contributed by atoms with Gasteiger partial charge in [0, 0.05) is 28.7 Å². The van der Waals surface area contributed by atoms with Gasteiger partial charge in [0.25, 0.3) is 0 Å². The molecule has 0 atom stereocenters. The largest absolute Gasteiger partial charge is 0.349 e. The minimum absolute atomic E-state index is 0.309. The van der Waals surface area contributed by atoms with Gasteiger partial charge in [-0.3, -0.25) is 4.79 Å². The highest BCUT2D eigenvalue weighted by Crippen LogP contribution is 2.29. The number of hydrogen-bond acceptors (Lipinski definition) is 2. The molecule has 0 bridgehead atoms. The van der Waals surface area contributed by atoms with Crippen LogP contribution in [0, 0.1) is 13.8 Å². The Balaban J connectivity index is 1.96. The molecule has 106 valence electrons. The van der Waals surface area contributed by atoms with Crippen LogP contribution >= 0.6 is 11.8 Å². The summed E-state index contributed by atoms with van der Waals surface area (Å²) in [6.07, 6.45) is 6.66. The second-order valence-corrected chi connectivity index (χ2v) is 6.81. The Bertz CT molecular complexity index is 444. The average molecular weight is 279 g/mol. The number of carbonyl (C=O) groups excluding carboxylic acids is 1. The number of Topliss-reactive ketones (excluding diaryl/α,β-unsaturated/α-hetero) is 1. The lowest BCUT2D eigenvalue weighted by atomic mass is 10.0. The van der Waals surface area contributed by atoms with Gasteiger partial charge in [-0.15, -0.1) is 0 Å². The zero-order chi connectivity index (χ0) is 13.8. The fourth-order valence-corrected chi connectivity index (χ4v) is 4.28. The Morgan fingerprint density at radius 3 is 2.58 bits per heavy atom. The van der Waals surface area contributed by atoms with Gasteiger partial charge < -0.3 is 4.57 Å². The van der Waals surface area contributed by atoms with Crippen molar-refractivity contribution in [1.82, 2.24) is 4.57 Å². The van der Waals surface area contributed by atoms with E-state index in [1.54, 1.807) is 0 Å². The maximum absolute atomic E-state index is 12.4. The SMILES string of the molecule is CCn1c(C)cc(C(=O)CSC2CCCCC2)c1C. The number of thioether (sulfide) groups is 1. The molecule has 1 fully saturated rings. The molecule has 2 nitrogen and oxygen atoms in total. The highest BCUT2D eigenvalue weighted by atomic mass is 32.2. The molecule has 1 saturated carbocycles. The summed E-state index contributed by atoms with van der Waals surface area (Å²) in [7, 11) is 0. The molecule has 0 saturated heterocycles. The third kappa shape index (κ3) is 3.44. The summed E-state index contributed by atoms with van der Waals surface area (Å²) < 4.78 is 2.22. The molecule has 0 amide bonds. The molecule has 0 aromatic carbocycles. The van der Waals surface area contributed by atoms with Gasteiger partial charge in [0.1, 0.15) is 0 Å². The van der Waals surface area contributed by atoms with E-state index >= 15 is 0 Å². The summed E-state index contributed by atoms with van der Waals surface area (Å²) in [5.41, 5.74) is 3.27. The van der Waals surface area contributed by atoms with Gasteiger partial charge in [-0.2, -0.15) is 11.8 Å². The van der Waals surface area contributed by atoms with E-state index in [9.17, 15) is 4.79 Å². The number of carbonyl (C=O) groups is 1. The number of ketones is 1. The van der Waals surface area contributed by atoms with E-state index in [4.69, 9.17) is 0 Å². The van der Waals surface area contributed by atoms with Gasteiger partial charge in [-0.1, -0.05) is 19.3 Å². The lowest BCUT2D eigenvalue weighted by Gasteiger charge is -2.20. The molecule has 1 aromatic heterocycles. The normalized spacial score (nSPS) is 16.8. The van der Waals surface area contributed by atoms with Gasteiger partial charge in [0.05, 0.1) is 5.75 Å². The fourth-order valence-electron chi connectivity index (χ4n) is 3.07. The second kappa shape index (κ2) is 6.65. The molecular formula is C16H25NOS. The first kappa shape index (κ1) is 14.7. The van der Waals surface area contributed by atoms with Gasteiger partial charge in [0.2, 0.25) is 0 Å². The summed E-state index contributed by atoms with van der Waals surface area (Å²) in [5.74, 6) is 0.960. The van der Waals surface area contributed by atoms with E-state index in [1.807, 2.05) is 11.8 Å². The molecule has 1 aromatic rings. The van der Waals surface area contributed by atoms with Crippen LogP contribution in [0.2, 0.25) is 0 Å². The monoisotopic (exact) mass is 279 g/mol. The minimum Gasteiger partial charge on any atom is -0.349 e. The van der Waals surface area contributed by atoms with Crippen LogP contribution in [0.1, 0.15) is 60.8 Å². The van der Waals surface area contributed by atoms with Crippen LogP contribution in [0.4, 0.5) is 0 Å². The Labute approximate surface area is 121 Å². The average Bonchev–Trinajstić information content (AvgIpc) is 2.72. The van der Waals surface area contributed by atoms with Crippen molar-refractivity contribution >= 4 is 17.5 Å². The Morgan fingerprint density at radius 2 is 2.00 bits per heavy atom. The van der Waals surface area contributed by atoms with E-state index < -0.39 is 0 Å². The smallest absolute Gasteiger partial charge is 0.174 e. The number of rotatable bonds is 5. The molecule has 1 heterocycles. The molecule has 0 spiro atoms. The van der Waals surface area contributed by atoms with Crippen LogP contribution < -0.4 is 0 Å². The van der Waals surface area contributed by atoms with Gasteiger partial charge >= 0.3 is 0 Å². The lowest BCUT2D eigenvalue weighted by molar-refractivity contribution is 0.102. The molecule has 2 rings (SSSR count). The summed E-state index contributed by atoms with van der Waals surface area (Å²) in [5, 5.41) is 0.715. The van der Waals surface area contributed by atoms with Gasteiger partial charge in [0.15, 0.2) is 5.78 Å². The van der Waals surface area contributed by atoms with Crippen LogP contribution in [0.3, 0.4) is 0 Å². The molecule has 1 aliphatic carbocycles. The van der Waals surface area contributed by atoms with Crippen molar-refractivity contribution in [3.63, 3.8) is 0 Å². The van der Waals surface area contributed by atoms with Gasteiger partial charge in [-0.05, 0) is 39.7 Å². The molecule has 3 heteroatoms. The predicted molar refractivity (Wildman–Crippen MR) is 83.2 cm³/mol. The van der Waals surface area contributed by atoms with Gasteiger partial charge in [-0.25, -0.2) is 0 Å². The first-order valence-corrected chi connectivity index (χ1v) is 8.50.